The molecule has 2 aromatic heterocycles. The van der Waals surface area contributed by atoms with E-state index in [2.05, 4.69) is 45.2 Å². The first kappa shape index (κ1) is 20.0. The molecule has 2 fully saturated rings. The van der Waals surface area contributed by atoms with Crippen molar-refractivity contribution in [2.75, 3.05) is 49.2 Å². The summed E-state index contributed by atoms with van der Waals surface area (Å²) in [6.45, 7) is 11.2. The van der Waals surface area contributed by atoms with Crippen LogP contribution in [0.25, 0.3) is 0 Å². The van der Waals surface area contributed by atoms with Gasteiger partial charge in [0.15, 0.2) is 5.82 Å². The first-order valence-electron chi connectivity index (χ1n) is 10.6. The number of ether oxygens (including phenoxy) is 1. The highest BCUT2D eigenvalue weighted by atomic mass is 16.5. The van der Waals surface area contributed by atoms with Gasteiger partial charge >= 0.3 is 0 Å². The Balaban J connectivity index is 1.38. The fourth-order valence-electron chi connectivity index (χ4n) is 3.91. The lowest BCUT2D eigenvalue weighted by Crippen LogP contribution is -2.44. The number of hydrogen-bond acceptors (Lipinski definition) is 9. The van der Waals surface area contributed by atoms with Gasteiger partial charge < -0.3 is 24.4 Å². The number of hydrogen-bond donors (Lipinski definition) is 1. The fourth-order valence-corrected chi connectivity index (χ4v) is 3.91. The van der Waals surface area contributed by atoms with Gasteiger partial charge in [0.2, 0.25) is 11.8 Å². The van der Waals surface area contributed by atoms with Crippen LogP contribution in [0, 0.1) is 6.92 Å². The number of nitrogens with zero attached hydrogens (tertiary/aromatic N) is 6. The molecule has 29 heavy (non-hydrogen) atoms. The second kappa shape index (κ2) is 9.04. The van der Waals surface area contributed by atoms with Gasteiger partial charge in [0.05, 0.1) is 19.3 Å². The molecule has 1 atom stereocenters. The minimum Gasteiger partial charge on any atom is -0.378 e. The van der Waals surface area contributed by atoms with Gasteiger partial charge in [0, 0.05) is 44.0 Å². The van der Waals surface area contributed by atoms with E-state index in [9.17, 15) is 0 Å². The summed E-state index contributed by atoms with van der Waals surface area (Å²) in [5, 5.41) is 7.51. The monoisotopic (exact) mass is 401 g/mol. The molecule has 9 nitrogen and oxygen atoms in total. The zero-order valence-electron chi connectivity index (χ0n) is 17.6. The molecule has 0 spiro atoms. The average molecular weight is 402 g/mol. The number of morpholine rings is 1. The Labute approximate surface area is 171 Å². The maximum absolute atomic E-state index is 5.47. The van der Waals surface area contributed by atoms with Crippen LogP contribution in [0.15, 0.2) is 10.6 Å². The molecule has 2 aromatic rings. The summed E-state index contributed by atoms with van der Waals surface area (Å²) in [6, 6.07) is 2.63. The lowest BCUT2D eigenvalue weighted by molar-refractivity contribution is 0.122. The highest BCUT2D eigenvalue weighted by Gasteiger charge is 2.25. The van der Waals surface area contributed by atoms with E-state index < -0.39 is 0 Å². The second-order valence-corrected chi connectivity index (χ2v) is 7.80. The van der Waals surface area contributed by atoms with Gasteiger partial charge in [-0.3, -0.25) is 0 Å². The Morgan fingerprint density at radius 2 is 1.86 bits per heavy atom. The molecule has 0 unspecified atom stereocenters. The van der Waals surface area contributed by atoms with Gasteiger partial charge in [0.1, 0.15) is 5.82 Å². The number of anilines is 2. The summed E-state index contributed by atoms with van der Waals surface area (Å²) < 4.78 is 10.8. The Bertz CT molecular complexity index is 798. The van der Waals surface area contributed by atoms with Crippen molar-refractivity contribution in [3.8, 4) is 0 Å². The predicted octanol–water partition coefficient (Wildman–Crippen LogP) is 1.89. The number of aromatic nitrogens is 4. The molecule has 9 heteroatoms. The molecule has 0 aliphatic carbocycles. The summed E-state index contributed by atoms with van der Waals surface area (Å²) in [6.07, 6.45) is 3.01. The van der Waals surface area contributed by atoms with E-state index in [1.54, 1.807) is 0 Å². The van der Waals surface area contributed by atoms with Gasteiger partial charge in [-0.1, -0.05) is 12.1 Å². The van der Waals surface area contributed by atoms with Crippen LogP contribution in [-0.4, -0.2) is 65.5 Å². The largest absolute Gasteiger partial charge is 0.378 e. The van der Waals surface area contributed by atoms with Crippen LogP contribution in [0.5, 0.6) is 0 Å². The topological polar surface area (TPSA) is 92.4 Å². The Morgan fingerprint density at radius 1 is 1.10 bits per heavy atom. The number of rotatable bonds is 6. The van der Waals surface area contributed by atoms with Crippen molar-refractivity contribution < 1.29 is 9.26 Å². The first-order valence-corrected chi connectivity index (χ1v) is 10.6. The van der Waals surface area contributed by atoms with Crippen LogP contribution >= 0.6 is 0 Å². The first-order chi connectivity index (χ1) is 14.1. The molecule has 2 saturated heterocycles. The van der Waals surface area contributed by atoms with E-state index in [1.165, 1.54) is 0 Å². The van der Waals surface area contributed by atoms with Gasteiger partial charge in [-0.05, 0) is 33.1 Å². The van der Waals surface area contributed by atoms with Gasteiger partial charge in [-0.25, -0.2) is 4.98 Å². The quantitative estimate of drug-likeness (QED) is 0.779. The van der Waals surface area contributed by atoms with E-state index in [0.29, 0.717) is 17.8 Å². The predicted molar refractivity (Wildman–Crippen MR) is 110 cm³/mol. The molecule has 1 N–H and O–H groups in total. The molecule has 0 aromatic carbocycles. The normalized spacial score (nSPS) is 19.6. The third-order valence-electron chi connectivity index (χ3n) is 5.63. The van der Waals surface area contributed by atoms with Crippen molar-refractivity contribution in [1.29, 1.82) is 0 Å². The van der Waals surface area contributed by atoms with E-state index in [1.807, 2.05) is 6.92 Å². The Kier molecular flexibility index (Phi) is 6.25. The third-order valence-corrected chi connectivity index (χ3v) is 5.63. The Hall–Kier alpha value is -2.26. The summed E-state index contributed by atoms with van der Waals surface area (Å²) in [4.78, 5) is 18.6. The molecular weight excluding hydrogens is 370 g/mol. The van der Waals surface area contributed by atoms with E-state index in [-0.39, 0.29) is 6.04 Å². The lowest BCUT2D eigenvalue weighted by atomic mass is 10.0. The van der Waals surface area contributed by atoms with Gasteiger partial charge in [0.25, 0.3) is 0 Å². The maximum atomic E-state index is 5.47. The molecule has 2 aliphatic heterocycles. The molecule has 0 bridgehead atoms. The van der Waals surface area contributed by atoms with Crippen LogP contribution in [0.2, 0.25) is 0 Å². The van der Waals surface area contributed by atoms with Crippen LogP contribution < -0.4 is 15.1 Å². The molecule has 0 amide bonds. The fraction of sp³-hybridized carbons (Fsp3) is 0.700. The van der Waals surface area contributed by atoms with Crippen LogP contribution in [0.3, 0.4) is 0 Å². The molecular formula is C20H31N7O2. The summed E-state index contributed by atoms with van der Waals surface area (Å²) in [7, 11) is 0. The second-order valence-electron chi connectivity index (χ2n) is 7.80. The van der Waals surface area contributed by atoms with Crippen molar-refractivity contribution in [1.82, 2.24) is 25.4 Å². The zero-order chi connectivity index (χ0) is 20.2. The smallest absolute Gasteiger partial charge is 0.243 e. The minimum atomic E-state index is 0.0615. The number of piperidine rings is 1. The standard InChI is InChI=1S/C20H31N7O2/c1-4-16-13-18(24-20(23-16)27-9-11-28-12-10-27)26-7-5-17(6-8-26)21-14(2)19-22-15(3)25-29-19/h13-14,17,21H,4-12H2,1-3H3/t14-/m0/s1. The molecule has 4 rings (SSSR count). The molecule has 4 heterocycles. The average Bonchev–Trinajstić information content (AvgIpc) is 3.21. The summed E-state index contributed by atoms with van der Waals surface area (Å²) in [5.74, 6) is 3.21. The summed E-state index contributed by atoms with van der Waals surface area (Å²) in [5.41, 5.74) is 1.09. The van der Waals surface area contributed by atoms with Crippen LogP contribution in [0.4, 0.5) is 11.8 Å². The third kappa shape index (κ3) is 4.84. The molecule has 158 valence electrons. The van der Waals surface area contributed by atoms with Crippen molar-refractivity contribution in [3.63, 3.8) is 0 Å². The van der Waals surface area contributed by atoms with Crippen molar-refractivity contribution in [2.45, 2.75) is 52.1 Å². The van der Waals surface area contributed by atoms with Crippen molar-refractivity contribution in [3.05, 3.63) is 23.5 Å². The number of nitrogens with one attached hydrogen (secondary N) is 1. The van der Waals surface area contributed by atoms with E-state index in [4.69, 9.17) is 19.2 Å². The van der Waals surface area contributed by atoms with Crippen molar-refractivity contribution in [2.24, 2.45) is 0 Å². The maximum Gasteiger partial charge on any atom is 0.243 e. The number of aryl methyl sites for hydroxylation is 2. The van der Waals surface area contributed by atoms with Gasteiger partial charge in [-0.2, -0.15) is 9.97 Å². The van der Waals surface area contributed by atoms with Crippen molar-refractivity contribution >= 4 is 11.8 Å². The molecule has 0 radical (unpaired) electrons. The SMILES string of the molecule is CCc1cc(N2CCC(N[C@@H](C)c3nc(C)no3)CC2)nc(N2CCOCC2)n1. The highest BCUT2D eigenvalue weighted by molar-refractivity contribution is 5.46. The van der Waals surface area contributed by atoms with Crippen LogP contribution in [0.1, 0.15) is 50.1 Å². The summed E-state index contributed by atoms with van der Waals surface area (Å²) >= 11 is 0. The minimum absolute atomic E-state index is 0.0615. The van der Waals surface area contributed by atoms with E-state index >= 15 is 0 Å². The molecule has 2 aliphatic rings. The molecule has 0 saturated carbocycles. The lowest BCUT2D eigenvalue weighted by Gasteiger charge is -2.35. The zero-order valence-corrected chi connectivity index (χ0v) is 17.6. The van der Waals surface area contributed by atoms with Crippen LogP contribution in [-0.2, 0) is 11.2 Å². The Morgan fingerprint density at radius 3 is 2.52 bits per heavy atom. The van der Waals surface area contributed by atoms with E-state index in [0.717, 1.165) is 76.1 Å². The highest BCUT2D eigenvalue weighted by Crippen LogP contribution is 2.23. The van der Waals surface area contributed by atoms with Gasteiger partial charge in [-0.15, -0.1) is 0 Å².